The highest BCUT2D eigenvalue weighted by molar-refractivity contribution is 6.01. The number of amides is 2. The Bertz CT molecular complexity index is 1380. The summed E-state index contributed by atoms with van der Waals surface area (Å²) in [6.07, 6.45) is 3.68. The van der Waals surface area contributed by atoms with E-state index in [-0.39, 0.29) is 29.4 Å². The molecule has 2 fully saturated rings. The summed E-state index contributed by atoms with van der Waals surface area (Å²) in [6, 6.07) is 18.0. The molecular formula is C30H32N4O4. The highest BCUT2D eigenvalue weighted by Crippen LogP contribution is 2.31. The van der Waals surface area contributed by atoms with Gasteiger partial charge in [0.2, 0.25) is 5.91 Å². The average Bonchev–Trinajstić information content (AvgIpc) is 3.66. The van der Waals surface area contributed by atoms with E-state index >= 15 is 0 Å². The maximum absolute atomic E-state index is 13.8. The molecule has 1 aliphatic carbocycles. The van der Waals surface area contributed by atoms with Gasteiger partial charge in [0.1, 0.15) is 29.3 Å². The van der Waals surface area contributed by atoms with E-state index in [2.05, 4.69) is 16.4 Å². The van der Waals surface area contributed by atoms with E-state index in [9.17, 15) is 19.6 Å². The van der Waals surface area contributed by atoms with Gasteiger partial charge in [0.05, 0.1) is 13.2 Å². The smallest absolute Gasteiger partial charge is 0.270 e. The molecule has 2 N–H and O–H groups in total. The lowest BCUT2D eigenvalue weighted by Crippen LogP contribution is -2.49. The molecule has 1 saturated carbocycles. The van der Waals surface area contributed by atoms with E-state index in [0.717, 1.165) is 35.7 Å². The Morgan fingerprint density at radius 2 is 2.03 bits per heavy atom. The SMILES string of the molecule is COc1cccc2[nH]c(C(=O)N3C[C@H](Cc4ccccc4)C[C@H]3C(=O)N[C@H](C#N)C[C@@H]3CCCC3=O)cc12. The molecule has 2 aromatic carbocycles. The Hall–Kier alpha value is -4.12. The van der Waals surface area contributed by atoms with Crippen LogP contribution in [0.1, 0.15) is 48.2 Å². The molecule has 5 rings (SSSR count). The minimum absolute atomic E-state index is 0.0907. The van der Waals surface area contributed by atoms with Crippen LogP contribution in [0.3, 0.4) is 0 Å². The highest BCUT2D eigenvalue weighted by Gasteiger charge is 2.41. The molecule has 196 valence electrons. The number of ketones is 1. The molecule has 1 saturated heterocycles. The van der Waals surface area contributed by atoms with Crippen molar-refractivity contribution in [3.05, 3.63) is 65.9 Å². The van der Waals surface area contributed by atoms with Gasteiger partial charge in [-0.25, -0.2) is 0 Å². The number of hydrogen-bond acceptors (Lipinski definition) is 5. The number of aromatic nitrogens is 1. The van der Waals surface area contributed by atoms with Crippen molar-refractivity contribution >= 4 is 28.5 Å². The maximum Gasteiger partial charge on any atom is 0.270 e. The topological polar surface area (TPSA) is 115 Å². The van der Waals surface area contributed by atoms with Gasteiger partial charge in [0.25, 0.3) is 5.91 Å². The van der Waals surface area contributed by atoms with Gasteiger partial charge in [-0.3, -0.25) is 14.4 Å². The number of carbonyl (C=O) groups is 3. The van der Waals surface area contributed by atoms with Crippen LogP contribution >= 0.6 is 0 Å². The number of benzene rings is 2. The lowest BCUT2D eigenvalue weighted by molar-refractivity contribution is -0.126. The van der Waals surface area contributed by atoms with Crippen molar-refractivity contribution in [2.24, 2.45) is 11.8 Å². The molecule has 0 radical (unpaired) electrons. The molecule has 1 aliphatic heterocycles. The standard InChI is InChI=1S/C30H32N4O4/c1-38-28-12-6-10-24-23(28)16-25(33-24)30(37)34-18-20(13-19-7-3-2-4-8-19)14-26(34)29(36)32-22(17-31)15-21-9-5-11-27(21)35/h2-4,6-8,10,12,16,20-22,26,33H,5,9,11,13-15,18H2,1H3,(H,32,36)/t20-,21+,22+,26+/m1/s1. The molecule has 3 aromatic rings. The van der Waals surface area contributed by atoms with Gasteiger partial charge >= 0.3 is 0 Å². The van der Waals surface area contributed by atoms with Crippen LogP contribution in [0.2, 0.25) is 0 Å². The van der Waals surface area contributed by atoms with Crippen LogP contribution in [-0.4, -0.2) is 53.2 Å². The second-order valence-electron chi connectivity index (χ2n) is 10.4. The van der Waals surface area contributed by atoms with Crippen molar-refractivity contribution in [2.45, 2.75) is 50.6 Å². The van der Waals surface area contributed by atoms with Crippen molar-refractivity contribution in [3.63, 3.8) is 0 Å². The van der Waals surface area contributed by atoms with Gasteiger partial charge in [-0.15, -0.1) is 0 Å². The average molecular weight is 513 g/mol. The van der Waals surface area contributed by atoms with Crippen molar-refractivity contribution in [1.29, 1.82) is 5.26 Å². The van der Waals surface area contributed by atoms with E-state index < -0.39 is 12.1 Å². The molecule has 8 heteroatoms. The number of H-pyrrole nitrogens is 1. The Labute approximate surface area is 222 Å². The quantitative estimate of drug-likeness (QED) is 0.473. The predicted molar refractivity (Wildman–Crippen MR) is 142 cm³/mol. The largest absolute Gasteiger partial charge is 0.496 e. The van der Waals surface area contributed by atoms with Crippen LogP contribution in [0.25, 0.3) is 10.9 Å². The Balaban J connectivity index is 1.37. The number of likely N-dealkylation sites (tertiary alicyclic amines) is 1. The first-order valence-electron chi connectivity index (χ1n) is 13.2. The molecular weight excluding hydrogens is 480 g/mol. The molecule has 2 aliphatic rings. The number of carbonyl (C=O) groups excluding carboxylic acids is 3. The van der Waals surface area contributed by atoms with Gasteiger partial charge < -0.3 is 19.9 Å². The van der Waals surface area contributed by atoms with E-state index in [1.165, 1.54) is 0 Å². The summed E-state index contributed by atoms with van der Waals surface area (Å²) in [4.78, 5) is 44.2. The number of aromatic amines is 1. The van der Waals surface area contributed by atoms with Crippen LogP contribution in [0.4, 0.5) is 0 Å². The van der Waals surface area contributed by atoms with Crippen LogP contribution in [0.15, 0.2) is 54.6 Å². The van der Waals surface area contributed by atoms with Crippen molar-refractivity contribution in [1.82, 2.24) is 15.2 Å². The molecule has 0 unspecified atom stereocenters. The number of methoxy groups -OCH3 is 1. The van der Waals surface area contributed by atoms with Crippen LogP contribution in [0.5, 0.6) is 5.75 Å². The number of fused-ring (bicyclic) bond motifs is 1. The van der Waals surface area contributed by atoms with E-state index in [0.29, 0.717) is 37.3 Å². The number of nitrogens with zero attached hydrogens (tertiary/aromatic N) is 2. The third kappa shape index (κ3) is 5.28. The molecule has 38 heavy (non-hydrogen) atoms. The summed E-state index contributed by atoms with van der Waals surface area (Å²) >= 11 is 0. The first-order chi connectivity index (χ1) is 18.5. The third-order valence-electron chi connectivity index (χ3n) is 7.82. The molecule has 4 atom stereocenters. The third-order valence-corrected chi connectivity index (χ3v) is 7.82. The van der Waals surface area contributed by atoms with E-state index in [1.807, 2.05) is 48.5 Å². The highest BCUT2D eigenvalue weighted by atomic mass is 16.5. The Kier molecular flexibility index (Phi) is 7.45. The fourth-order valence-electron chi connectivity index (χ4n) is 5.90. The second-order valence-corrected chi connectivity index (χ2v) is 10.4. The monoisotopic (exact) mass is 512 g/mol. The number of nitrogens with one attached hydrogen (secondary N) is 2. The van der Waals surface area contributed by atoms with Gasteiger partial charge in [-0.05, 0) is 61.8 Å². The Morgan fingerprint density at radius 3 is 2.74 bits per heavy atom. The molecule has 2 amide bonds. The molecule has 8 nitrogen and oxygen atoms in total. The summed E-state index contributed by atoms with van der Waals surface area (Å²) in [5.41, 5.74) is 2.31. The summed E-state index contributed by atoms with van der Waals surface area (Å²) in [7, 11) is 1.59. The first kappa shape index (κ1) is 25.5. The molecule has 1 aromatic heterocycles. The fraction of sp³-hybridized carbons (Fsp3) is 0.400. The zero-order valence-electron chi connectivity index (χ0n) is 21.5. The summed E-state index contributed by atoms with van der Waals surface area (Å²) in [6.45, 7) is 0.427. The lowest BCUT2D eigenvalue weighted by Gasteiger charge is -2.25. The number of nitriles is 1. The summed E-state index contributed by atoms with van der Waals surface area (Å²) in [5, 5.41) is 13.4. The number of rotatable bonds is 8. The van der Waals surface area contributed by atoms with Gasteiger partial charge in [0.15, 0.2) is 0 Å². The maximum atomic E-state index is 13.8. The summed E-state index contributed by atoms with van der Waals surface area (Å²) in [5.74, 6) is 0.113. The number of Topliss-reactive ketones (excluding diaryl/α,β-unsaturated/α-hetero) is 1. The van der Waals surface area contributed by atoms with Crippen molar-refractivity contribution in [3.8, 4) is 11.8 Å². The van der Waals surface area contributed by atoms with Crippen molar-refractivity contribution < 1.29 is 19.1 Å². The normalized spacial score (nSPS) is 21.8. The van der Waals surface area contributed by atoms with Gasteiger partial charge in [-0.2, -0.15) is 5.26 Å². The van der Waals surface area contributed by atoms with Crippen LogP contribution < -0.4 is 10.1 Å². The minimum Gasteiger partial charge on any atom is -0.496 e. The molecule has 2 heterocycles. The van der Waals surface area contributed by atoms with Crippen molar-refractivity contribution in [2.75, 3.05) is 13.7 Å². The van der Waals surface area contributed by atoms with Crippen LogP contribution in [-0.2, 0) is 16.0 Å². The van der Waals surface area contributed by atoms with Gasteiger partial charge in [-0.1, -0.05) is 36.4 Å². The minimum atomic E-state index is -0.767. The van der Waals surface area contributed by atoms with E-state index in [4.69, 9.17) is 4.74 Å². The first-order valence-corrected chi connectivity index (χ1v) is 13.2. The lowest BCUT2D eigenvalue weighted by atomic mass is 9.96. The predicted octanol–water partition coefficient (Wildman–Crippen LogP) is 4.02. The molecule has 0 spiro atoms. The molecule has 0 bridgehead atoms. The Morgan fingerprint density at radius 1 is 1.21 bits per heavy atom. The number of ether oxygens (including phenoxy) is 1. The van der Waals surface area contributed by atoms with Crippen LogP contribution in [0, 0.1) is 23.2 Å². The van der Waals surface area contributed by atoms with E-state index in [1.54, 1.807) is 18.1 Å². The summed E-state index contributed by atoms with van der Waals surface area (Å²) < 4.78 is 5.44. The zero-order valence-corrected chi connectivity index (χ0v) is 21.5. The number of hydrogen-bond donors (Lipinski definition) is 2. The fourth-order valence-corrected chi connectivity index (χ4v) is 5.90. The van der Waals surface area contributed by atoms with Gasteiger partial charge in [0, 0.05) is 29.8 Å². The second kappa shape index (κ2) is 11.1. The zero-order chi connectivity index (χ0) is 26.6.